The third kappa shape index (κ3) is 2.92. The highest BCUT2D eigenvalue weighted by Gasteiger charge is 2.15. The smallest absolute Gasteiger partial charge is 0.142 e. The van der Waals surface area contributed by atoms with Crippen LogP contribution in [0.3, 0.4) is 0 Å². The maximum atomic E-state index is 11.8. The number of aromatic nitrogens is 2. The highest BCUT2D eigenvalue weighted by atomic mass is 16.1. The van der Waals surface area contributed by atoms with E-state index in [-0.39, 0.29) is 11.7 Å². The molecule has 0 aliphatic carbocycles. The minimum atomic E-state index is -0.0646. The van der Waals surface area contributed by atoms with E-state index in [1.807, 2.05) is 24.6 Å². The summed E-state index contributed by atoms with van der Waals surface area (Å²) >= 11 is 0. The molecular weight excluding hydrogens is 202 g/mol. The van der Waals surface area contributed by atoms with Gasteiger partial charge in [-0.3, -0.25) is 9.48 Å². The molecule has 4 nitrogen and oxygen atoms in total. The minimum absolute atomic E-state index is 0.0646. The summed E-state index contributed by atoms with van der Waals surface area (Å²) in [7, 11) is 0. The van der Waals surface area contributed by atoms with Crippen LogP contribution in [0.25, 0.3) is 0 Å². The number of carbonyl (C=O) groups is 1. The average molecular weight is 223 g/mol. The lowest BCUT2D eigenvalue weighted by Crippen LogP contribution is -2.23. The molecular formula is C12H21N3O. The van der Waals surface area contributed by atoms with Crippen LogP contribution in [0.15, 0.2) is 6.07 Å². The van der Waals surface area contributed by atoms with Crippen LogP contribution in [0.1, 0.15) is 32.2 Å². The monoisotopic (exact) mass is 223 g/mol. The van der Waals surface area contributed by atoms with Crippen LogP contribution in [0.4, 0.5) is 0 Å². The second-order valence-electron chi connectivity index (χ2n) is 4.08. The molecule has 1 rings (SSSR count). The predicted octanol–water partition coefficient (Wildman–Crippen LogP) is 1.17. The van der Waals surface area contributed by atoms with Crippen molar-refractivity contribution in [3.63, 3.8) is 0 Å². The van der Waals surface area contributed by atoms with Crippen molar-refractivity contribution >= 4 is 5.78 Å². The van der Waals surface area contributed by atoms with Crippen molar-refractivity contribution in [3.8, 4) is 0 Å². The van der Waals surface area contributed by atoms with Crippen LogP contribution in [0.2, 0.25) is 0 Å². The van der Waals surface area contributed by atoms with E-state index in [0.29, 0.717) is 13.0 Å². The standard InChI is InChI=1S/C12H21N3O/c1-4-10-6-11(15(5-2)14-10)7-12(16)9(3)8-13/h6,9H,4-5,7-8,13H2,1-3H3. The Labute approximate surface area is 96.8 Å². The second kappa shape index (κ2) is 5.80. The fourth-order valence-corrected chi connectivity index (χ4v) is 1.59. The Balaban J connectivity index is 2.79. The molecule has 1 heterocycles. The molecule has 0 fully saturated rings. The van der Waals surface area contributed by atoms with Crippen molar-refractivity contribution in [2.75, 3.05) is 6.54 Å². The molecule has 90 valence electrons. The van der Waals surface area contributed by atoms with Gasteiger partial charge in [0.25, 0.3) is 0 Å². The SMILES string of the molecule is CCc1cc(CC(=O)C(C)CN)n(CC)n1. The van der Waals surface area contributed by atoms with Gasteiger partial charge < -0.3 is 5.73 Å². The number of aryl methyl sites for hydroxylation is 2. The van der Waals surface area contributed by atoms with E-state index in [1.165, 1.54) is 0 Å². The lowest BCUT2D eigenvalue weighted by atomic mass is 10.0. The quantitative estimate of drug-likeness (QED) is 0.787. The van der Waals surface area contributed by atoms with E-state index in [2.05, 4.69) is 12.0 Å². The molecule has 1 unspecified atom stereocenters. The van der Waals surface area contributed by atoms with Crippen LogP contribution in [0.5, 0.6) is 0 Å². The van der Waals surface area contributed by atoms with Gasteiger partial charge in [-0.05, 0) is 19.4 Å². The van der Waals surface area contributed by atoms with Crippen molar-refractivity contribution < 1.29 is 4.79 Å². The number of hydrogen-bond acceptors (Lipinski definition) is 3. The molecule has 0 saturated heterocycles. The molecule has 0 bridgehead atoms. The molecule has 1 aromatic heterocycles. The van der Waals surface area contributed by atoms with Crippen LogP contribution >= 0.6 is 0 Å². The minimum Gasteiger partial charge on any atom is -0.330 e. The van der Waals surface area contributed by atoms with Gasteiger partial charge in [0.05, 0.1) is 5.69 Å². The zero-order chi connectivity index (χ0) is 12.1. The molecule has 0 amide bonds. The van der Waals surface area contributed by atoms with Gasteiger partial charge in [-0.2, -0.15) is 5.10 Å². The van der Waals surface area contributed by atoms with E-state index < -0.39 is 0 Å². The summed E-state index contributed by atoms with van der Waals surface area (Å²) < 4.78 is 1.90. The number of nitrogens with zero attached hydrogens (tertiary/aromatic N) is 2. The van der Waals surface area contributed by atoms with Gasteiger partial charge in [-0.25, -0.2) is 0 Å². The van der Waals surface area contributed by atoms with Gasteiger partial charge in [0.15, 0.2) is 0 Å². The fourth-order valence-electron chi connectivity index (χ4n) is 1.59. The molecule has 0 saturated carbocycles. The van der Waals surface area contributed by atoms with Gasteiger partial charge in [0.1, 0.15) is 5.78 Å². The predicted molar refractivity (Wildman–Crippen MR) is 64.2 cm³/mol. The molecule has 0 aliphatic rings. The molecule has 0 aliphatic heterocycles. The number of hydrogen-bond donors (Lipinski definition) is 1. The maximum Gasteiger partial charge on any atom is 0.142 e. The first-order chi connectivity index (χ1) is 7.62. The molecule has 4 heteroatoms. The summed E-state index contributed by atoms with van der Waals surface area (Å²) in [5.74, 6) is 0.130. The number of carbonyl (C=O) groups excluding carboxylic acids is 1. The van der Waals surface area contributed by atoms with E-state index in [9.17, 15) is 4.79 Å². The highest BCUT2D eigenvalue weighted by molar-refractivity contribution is 5.82. The topological polar surface area (TPSA) is 60.9 Å². The fraction of sp³-hybridized carbons (Fsp3) is 0.667. The lowest BCUT2D eigenvalue weighted by molar-refractivity contribution is -0.121. The molecule has 16 heavy (non-hydrogen) atoms. The Hall–Kier alpha value is -1.16. The van der Waals surface area contributed by atoms with Crippen molar-refractivity contribution in [1.82, 2.24) is 9.78 Å². The highest BCUT2D eigenvalue weighted by Crippen LogP contribution is 2.09. The lowest BCUT2D eigenvalue weighted by Gasteiger charge is -2.08. The Kier molecular flexibility index (Phi) is 4.68. The number of ketones is 1. The number of Topliss-reactive ketones (excluding diaryl/α,β-unsaturated/α-hetero) is 1. The summed E-state index contributed by atoms with van der Waals surface area (Å²) in [6, 6.07) is 2.02. The van der Waals surface area contributed by atoms with Crippen molar-refractivity contribution in [2.24, 2.45) is 11.7 Å². The third-order valence-electron chi connectivity index (χ3n) is 2.83. The first-order valence-corrected chi connectivity index (χ1v) is 5.90. The summed E-state index contributed by atoms with van der Waals surface area (Å²) in [5.41, 5.74) is 7.54. The molecule has 0 aromatic carbocycles. The zero-order valence-corrected chi connectivity index (χ0v) is 10.4. The Morgan fingerprint density at radius 1 is 1.56 bits per heavy atom. The first-order valence-electron chi connectivity index (χ1n) is 5.90. The second-order valence-corrected chi connectivity index (χ2v) is 4.08. The Morgan fingerprint density at radius 3 is 2.75 bits per heavy atom. The number of nitrogens with two attached hydrogens (primary N) is 1. The Morgan fingerprint density at radius 2 is 2.25 bits per heavy atom. The van der Waals surface area contributed by atoms with Gasteiger partial charge in [0.2, 0.25) is 0 Å². The zero-order valence-electron chi connectivity index (χ0n) is 10.4. The van der Waals surface area contributed by atoms with Crippen molar-refractivity contribution in [1.29, 1.82) is 0 Å². The molecule has 1 aromatic rings. The molecule has 0 spiro atoms. The first kappa shape index (κ1) is 12.9. The van der Waals surface area contributed by atoms with E-state index in [1.54, 1.807) is 0 Å². The van der Waals surface area contributed by atoms with Gasteiger partial charge >= 0.3 is 0 Å². The van der Waals surface area contributed by atoms with Gasteiger partial charge in [-0.1, -0.05) is 13.8 Å². The largest absolute Gasteiger partial charge is 0.330 e. The van der Waals surface area contributed by atoms with Crippen LogP contribution in [0, 0.1) is 5.92 Å². The number of rotatable bonds is 6. The summed E-state index contributed by atoms with van der Waals surface area (Å²) in [6.45, 7) is 7.19. The van der Waals surface area contributed by atoms with Crippen LogP contribution < -0.4 is 5.73 Å². The van der Waals surface area contributed by atoms with E-state index in [4.69, 9.17) is 5.73 Å². The van der Waals surface area contributed by atoms with E-state index >= 15 is 0 Å². The molecule has 0 radical (unpaired) electrons. The normalized spacial score (nSPS) is 12.8. The van der Waals surface area contributed by atoms with Crippen molar-refractivity contribution in [2.45, 2.75) is 40.2 Å². The van der Waals surface area contributed by atoms with Crippen molar-refractivity contribution in [3.05, 3.63) is 17.5 Å². The molecule has 1 atom stereocenters. The van der Waals surface area contributed by atoms with E-state index in [0.717, 1.165) is 24.4 Å². The van der Waals surface area contributed by atoms with Crippen LogP contribution in [-0.4, -0.2) is 22.1 Å². The Bertz CT molecular complexity index is 357. The van der Waals surface area contributed by atoms with Gasteiger partial charge in [0, 0.05) is 31.1 Å². The third-order valence-corrected chi connectivity index (χ3v) is 2.83. The van der Waals surface area contributed by atoms with Gasteiger partial charge in [-0.15, -0.1) is 0 Å². The maximum absolute atomic E-state index is 11.8. The van der Waals surface area contributed by atoms with Crippen LogP contribution in [-0.2, 0) is 24.2 Å². The summed E-state index contributed by atoms with van der Waals surface area (Å²) in [4.78, 5) is 11.8. The average Bonchev–Trinajstić information content (AvgIpc) is 2.70. The molecule has 2 N–H and O–H groups in total. The summed E-state index contributed by atoms with van der Waals surface area (Å²) in [6.07, 6.45) is 1.35. The summed E-state index contributed by atoms with van der Waals surface area (Å²) in [5, 5.41) is 4.42.